The van der Waals surface area contributed by atoms with Gasteiger partial charge < -0.3 is 4.74 Å². The Balaban J connectivity index is 3.86. The number of rotatable bonds is 8. The van der Waals surface area contributed by atoms with Gasteiger partial charge in [-0.15, -0.1) is 0 Å². The molecular weight excluding hydrogens is 224 g/mol. The maximum atomic E-state index is 11.0. The van der Waals surface area contributed by atoms with Crippen molar-refractivity contribution in [1.29, 1.82) is 0 Å². The summed E-state index contributed by atoms with van der Waals surface area (Å²) in [6.45, 7) is 8.69. The van der Waals surface area contributed by atoms with E-state index in [1.54, 1.807) is 6.08 Å². The number of carbonyl (C=O) groups excluding carboxylic acids is 1. The van der Waals surface area contributed by atoms with Gasteiger partial charge in [-0.05, 0) is 45.4 Å². The van der Waals surface area contributed by atoms with Crippen molar-refractivity contribution in [2.75, 3.05) is 7.11 Å². The van der Waals surface area contributed by atoms with Crippen LogP contribution in [-0.2, 0) is 9.53 Å². The molecule has 0 unspecified atom stereocenters. The van der Waals surface area contributed by atoms with Gasteiger partial charge in [-0.25, -0.2) is 4.79 Å². The van der Waals surface area contributed by atoms with Gasteiger partial charge in [0.15, 0.2) is 0 Å². The summed E-state index contributed by atoms with van der Waals surface area (Å²) in [7, 11) is 1.41. The van der Waals surface area contributed by atoms with E-state index < -0.39 is 0 Å². The molecule has 0 spiro atoms. The van der Waals surface area contributed by atoms with E-state index in [4.69, 9.17) is 0 Å². The van der Waals surface area contributed by atoms with Crippen LogP contribution in [0.4, 0.5) is 0 Å². The summed E-state index contributed by atoms with van der Waals surface area (Å²) in [4.78, 5) is 11.0. The summed E-state index contributed by atoms with van der Waals surface area (Å²) in [6.07, 6.45) is 9.56. The van der Waals surface area contributed by atoms with Crippen LogP contribution in [0.5, 0.6) is 0 Å². The highest BCUT2D eigenvalue weighted by atomic mass is 16.5. The molecule has 0 rings (SSSR count). The molecule has 0 aromatic rings. The van der Waals surface area contributed by atoms with Gasteiger partial charge in [-0.2, -0.15) is 0 Å². The largest absolute Gasteiger partial charge is 0.466 e. The number of esters is 1. The molecule has 2 heteroatoms. The highest BCUT2D eigenvalue weighted by Crippen LogP contribution is 2.13. The lowest BCUT2D eigenvalue weighted by atomic mass is 10.0. The van der Waals surface area contributed by atoms with Gasteiger partial charge in [0, 0.05) is 6.08 Å². The average molecular weight is 252 g/mol. The Labute approximate surface area is 112 Å². The zero-order valence-corrected chi connectivity index (χ0v) is 12.6. The normalized spacial score (nSPS) is 13.0. The van der Waals surface area contributed by atoms with Crippen LogP contribution >= 0.6 is 0 Å². The maximum Gasteiger partial charge on any atom is 0.330 e. The first-order valence-corrected chi connectivity index (χ1v) is 6.86. The Bertz CT molecular complexity index is 298. The van der Waals surface area contributed by atoms with Gasteiger partial charge in [-0.3, -0.25) is 0 Å². The van der Waals surface area contributed by atoms with Crippen LogP contribution in [-0.4, -0.2) is 13.1 Å². The quantitative estimate of drug-likeness (QED) is 0.357. The lowest BCUT2D eigenvalue weighted by molar-refractivity contribution is -0.134. The molecule has 2 nitrogen and oxygen atoms in total. The first-order valence-electron chi connectivity index (χ1n) is 6.86. The van der Waals surface area contributed by atoms with Gasteiger partial charge in [0.25, 0.3) is 0 Å². The van der Waals surface area contributed by atoms with Crippen molar-refractivity contribution in [3.63, 3.8) is 0 Å². The molecule has 0 N–H and O–H groups in total. The summed E-state index contributed by atoms with van der Waals surface area (Å²) in [5, 5.41) is 0. The zero-order chi connectivity index (χ0) is 14.0. The third-order valence-electron chi connectivity index (χ3n) is 2.95. The third-order valence-corrected chi connectivity index (χ3v) is 2.95. The third kappa shape index (κ3) is 10.1. The van der Waals surface area contributed by atoms with Crippen molar-refractivity contribution in [3.8, 4) is 0 Å². The van der Waals surface area contributed by atoms with E-state index in [0.29, 0.717) is 0 Å². The van der Waals surface area contributed by atoms with Crippen molar-refractivity contribution in [2.45, 2.75) is 59.8 Å². The minimum Gasteiger partial charge on any atom is -0.466 e. The van der Waals surface area contributed by atoms with Gasteiger partial charge in [0.1, 0.15) is 0 Å². The van der Waals surface area contributed by atoms with Crippen molar-refractivity contribution >= 4 is 5.97 Å². The molecule has 0 aliphatic heterocycles. The van der Waals surface area contributed by atoms with Crippen LogP contribution in [0.2, 0.25) is 0 Å². The maximum absolute atomic E-state index is 11.0. The van der Waals surface area contributed by atoms with Gasteiger partial charge in [-0.1, -0.05) is 37.5 Å². The monoisotopic (exact) mass is 252 g/mol. The Morgan fingerprint density at radius 2 is 1.83 bits per heavy atom. The molecule has 104 valence electrons. The summed E-state index contributed by atoms with van der Waals surface area (Å²) in [5.74, 6) is 0.535. The van der Waals surface area contributed by atoms with E-state index in [9.17, 15) is 4.79 Å². The van der Waals surface area contributed by atoms with Crippen LogP contribution in [0.15, 0.2) is 23.3 Å². The molecule has 0 fully saturated rings. The lowest BCUT2D eigenvalue weighted by Crippen LogP contribution is -1.95. The molecule has 0 aliphatic carbocycles. The topological polar surface area (TPSA) is 26.3 Å². The predicted octanol–water partition coefficient (Wildman–Crippen LogP) is 4.66. The molecule has 0 saturated heterocycles. The molecule has 0 aromatic carbocycles. The molecule has 0 atom stereocenters. The number of allylic oxidation sites excluding steroid dienone is 3. The van der Waals surface area contributed by atoms with Crippen molar-refractivity contribution in [3.05, 3.63) is 23.3 Å². The molecule has 0 saturated carbocycles. The molecule has 0 aliphatic rings. The van der Waals surface area contributed by atoms with E-state index in [1.165, 1.54) is 31.9 Å². The molecule has 0 amide bonds. The standard InChI is InChI=1S/C16H28O2/c1-13(2)8-6-9-14(3)10-7-11-15(4)12-16(17)18-5/h10,12-13H,6-9,11H2,1-5H3/b14-10+,15-12+. The molecular formula is C16H28O2. The first-order chi connectivity index (χ1) is 8.45. The highest BCUT2D eigenvalue weighted by Gasteiger charge is 1.97. The number of carbonyl (C=O) groups is 1. The minimum absolute atomic E-state index is 0.259. The van der Waals surface area contributed by atoms with Gasteiger partial charge >= 0.3 is 5.97 Å². The molecule has 0 radical (unpaired) electrons. The SMILES string of the molecule is COC(=O)/C=C(\C)CC/C=C(\C)CCCC(C)C. The van der Waals surface area contributed by atoms with Gasteiger partial charge in [0.05, 0.1) is 7.11 Å². The highest BCUT2D eigenvalue weighted by molar-refractivity contribution is 5.82. The van der Waals surface area contributed by atoms with E-state index in [-0.39, 0.29) is 5.97 Å². The second-order valence-electron chi connectivity index (χ2n) is 5.39. The van der Waals surface area contributed by atoms with Crippen LogP contribution in [0.25, 0.3) is 0 Å². The summed E-state index contributed by atoms with van der Waals surface area (Å²) in [5.41, 5.74) is 2.54. The van der Waals surface area contributed by atoms with E-state index >= 15 is 0 Å². The summed E-state index contributed by atoms with van der Waals surface area (Å²) in [6, 6.07) is 0. The Morgan fingerprint density at radius 1 is 1.17 bits per heavy atom. The number of hydrogen-bond acceptors (Lipinski definition) is 2. The minimum atomic E-state index is -0.259. The van der Waals surface area contributed by atoms with Crippen molar-refractivity contribution in [2.24, 2.45) is 5.92 Å². The number of methoxy groups -OCH3 is 1. The van der Waals surface area contributed by atoms with Crippen LogP contribution in [0.3, 0.4) is 0 Å². The second-order valence-corrected chi connectivity index (χ2v) is 5.39. The first kappa shape index (κ1) is 16.9. The fourth-order valence-corrected chi connectivity index (χ4v) is 1.77. The van der Waals surface area contributed by atoms with Crippen LogP contribution in [0, 0.1) is 5.92 Å². The Hall–Kier alpha value is -1.05. The predicted molar refractivity (Wildman–Crippen MR) is 77.5 cm³/mol. The second kappa shape index (κ2) is 9.93. The molecule has 0 heterocycles. The van der Waals surface area contributed by atoms with E-state index in [1.807, 2.05) is 6.92 Å². The van der Waals surface area contributed by atoms with Crippen LogP contribution in [0.1, 0.15) is 59.8 Å². The number of ether oxygens (including phenoxy) is 1. The van der Waals surface area contributed by atoms with Gasteiger partial charge in [0.2, 0.25) is 0 Å². The molecule has 0 aromatic heterocycles. The summed E-state index contributed by atoms with van der Waals surface area (Å²) < 4.78 is 4.59. The van der Waals surface area contributed by atoms with Crippen molar-refractivity contribution in [1.82, 2.24) is 0 Å². The smallest absolute Gasteiger partial charge is 0.330 e. The Morgan fingerprint density at radius 3 is 2.39 bits per heavy atom. The summed E-state index contributed by atoms with van der Waals surface area (Å²) >= 11 is 0. The molecule has 18 heavy (non-hydrogen) atoms. The van der Waals surface area contributed by atoms with Crippen LogP contribution < -0.4 is 0 Å². The number of hydrogen-bond donors (Lipinski definition) is 0. The fourth-order valence-electron chi connectivity index (χ4n) is 1.77. The van der Waals surface area contributed by atoms with E-state index in [0.717, 1.165) is 24.3 Å². The zero-order valence-electron chi connectivity index (χ0n) is 12.6. The Kier molecular flexibility index (Phi) is 9.35. The molecule has 0 bridgehead atoms. The van der Waals surface area contributed by atoms with Crippen molar-refractivity contribution < 1.29 is 9.53 Å². The van der Waals surface area contributed by atoms with E-state index in [2.05, 4.69) is 31.6 Å². The lowest BCUT2D eigenvalue weighted by Gasteiger charge is -2.05. The fraction of sp³-hybridized carbons (Fsp3) is 0.688. The average Bonchev–Trinajstić information content (AvgIpc) is 2.28.